The van der Waals surface area contributed by atoms with Crippen LogP contribution in [0.25, 0.3) is 0 Å². The molecule has 0 unspecified atom stereocenters. The van der Waals surface area contributed by atoms with Crippen LogP contribution in [0.2, 0.25) is 0 Å². The van der Waals surface area contributed by atoms with Crippen LogP contribution < -0.4 is 0 Å². The Morgan fingerprint density at radius 3 is 0.556 bits per heavy atom. The van der Waals surface area contributed by atoms with Crippen LogP contribution in [-0.4, -0.2) is 7.52 Å². The average molecular weight is 374 g/mol. The van der Waals surface area contributed by atoms with Crippen LogP contribution in [0.3, 0.4) is 0 Å². The van der Waals surface area contributed by atoms with Gasteiger partial charge in [-0.3, -0.25) is 0 Å². The molecule has 0 aliphatic carbocycles. The third-order valence-corrected chi connectivity index (χ3v) is 0. The third kappa shape index (κ3) is 403. The van der Waals surface area contributed by atoms with Crippen molar-refractivity contribution < 1.29 is 48.1 Å². The Bertz CT molecular complexity index is 260. The molecule has 0 saturated carbocycles. The molecule has 94 valence electrons. The van der Waals surface area contributed by atoms with Gasteiger partial charge in [0.2, 0.25) is 0 Å². The maximum atomic E-state index is 8.85. The van der Waals surface area contributed by atoms with Crippen LogP contribution >= 0.6 is 0 Å². The second-order valence-electron chi connectivity index (χ2n) is 0.448. The molecule has 0 saturated heterocycles. The van der Waals surface area contributed by atoms with E-state index in [9.17, 15) is 0 Å². The van der Waals surface area contributed by atoms with Gasteiger partial charge in [-0.15, -0.1) is 0 Å². The second kappa shape index (κ2) is 204. The van der Waals surface area contributed by atoms with E-state index in [1.165, 1.54) is 0 Å². The first-order valence-corrected chi connectivity index (χ1v) is 5.47. The van der Waals surface area contributed by atoms with Crippen LogP contribution in [-0.2, 0) is 40.6 Å². The van der Waals surface area contributed by atoms with Gasteiger partial charge in [-0.05, 0) is 0 Å². The van der Waals surface area contributed by atoms with Crippen molar-refractivity contribution in [2.45, 2.75) is 0 Å². The monoisotopic (exact) mass is 376 g/mol. The van der Waals surface area contributed by atoms with E-state index < -0.39 is 16.7 Å². The van der Waals surface area contributed by atoms with Gasteiger partial charge in [0.1, 0.15) is 0 Å². The quantitative estimate of drug-likeness (QED) is 0.398. The summed E-state index contributed by atoms with van der Waals surface area (Å²) in [5.41, 5.74) is 0. The van der Waals surface area contributed by atoms with Crippen molar-refractivity contribution >= 4 is 0 Å². The van der Waals surface area contributed by atoms with Crippen molar-refractivity contribution in [2.75, 3.05) is 0 Å². The van der Waals surface area contributed by atoms with Gasteiger partial charge in [-0.2, -0.15) is 0 Å². The van der Waals surface area contributed by atoms with E-state index in [1.807, 2.05) is 0 Å². The molecule has 18 heavy (non-hydrogen) atoms. The molecule has 0 rings (SSSR count). The van der Waals surface area contributed by atoms with E-state index in [0.717, 1.165) is 0 Å². The predicted octanol–water partition coefficient (Wildman–Crippen LogP) is -0.778. The summed E-state index contributed by atoms with van der Waals surface area (Å²) < 4.78 is 32.0. The Hall–Kier alpha value is -2.33. The molecule has 0 atom stereocenters. The fourth-order valence-electron chi connectivity index (χ4n) is 0. The predicted molar refractivity (Wildman–Crippen MR) is 35.6 cm³/mol. The Morgan fingerprint density at radius 2 is 0.556 bits per heavy atom. The molecule has 0 aromatic rings. The topological polar surface area (TPSA) is 217 Å². The summed E-state index contributed by atoms with van der Waals surface area (Å²) in [6.07, 6.45) is 0. The molecule has 0 aromatic carbocycles. The van der Waals surface area contributed by atoms with Gasteiger partial charge in [0.15, 0.2) is 0 Å². The molecule has 12 heteroatoms. The minimum atomic E-state index is -5.52. The maximum absolute atomic E-state index is 8.85. The molecule has 2 N–H and O–H groups in total. The van der Waals surface area contributed by atoms with Crippen LogP contribution in [0.5, 0.6) is 0 Å². The van der Waals surface area contributed by atoms with E-state index in [4.69, 9.17) is 85.3 Å². The van der Waals surface area contributed by atoms with Crippen LogP contribution in [0.4, 0.5) is 0 Å². The Labute approximate surface area is 119 Å². The molecule has 0 aliphatic heterocycles. The summed E-state index contributed by atoms with van der Waals surface area (Å²) in [6.45, 7) is 28.5. The van der Waals surface area contributed by atoms with Gasteiger partial charge >= 0.3 is 48.1 Å². The minimum absolute atomic E-state index is 0. The molecule has 0 spiro atoms. The third-order valence-electron chi connectivity index (χ3n) is 0. The zero-order chi connectivity index (χ0) is 16.5. The molecule has 0 fully saturated rings. The van der Waals surface area contributed by atoms with Crippen molar-refractivity contribution in [1.29, 1.82) is 31.6 Å². The summed E-state index contributed by atoms with van der Waals surface area (Å²) in [4.78, 5) is 0. The van der Waals surface area contributed by atoms with Gasteiger partial charge in [0, 0.05) is 0 Å². The molecule has 0 bridgehead atoms. The molecular weight excluding hydrogens is 372 g/mol. The van der Waals surface area contributed by atoms with Crippen molar-refractivity contribution in [2.24, 2.45) is 0 Å². The zero-order valence-corrected chi connectivity index (χ0v) is 11.3. The number of nitrogens with zero attached hydrogens (tertiary/aromatic N) is 6. The molecule has 10 nitrogen and oxygen atoms in total. The molecule has 0 amide bonds. The number of rotatable bonds is 0. The molecular formula is C6H2FeMoN6O4. The van der Waals surface area contributed by atoms with Crippen LogP contribution in [0, 0.1) is 71.0 Å². The summed E-state index contributed by atoms with van der Waals surface area (Å²) >= 11 is -5.52. The van der Waals surface area contributed by atoms with Crippen molar-refractivity contribution in [3.8, 4) is 0 Å². The number of hydrogen-bond donors (Lipinski definition) is 2. The first-order chi connectivity index (χ1) is 8.00. The van der Waals surface area contributed by atoms with Gasteiger partial charge in [-0.25, -0.2) is 0 Å². The van der Waals surface area contributed by atoms with Crippen LogP contribution in [0.1, 0.15) is 0 Å². The Balaban J connectivity index is -0.0000000114. The summed E-state index contributed by atoms with van der Waals surface area (Å²) in [7, 11) is 0. The standard InChI is InChI=1S/6CN.Fe.Mo.2H2O.2O/c6*1-2;;;;;;/h;;;;;;;;2*1H2;;/q6*-1;+6;+2;;;;/p-2. The molecule has 0 aromatic heterocycles. The number of hydrogen-bond acceptors (Lipinski definition) is 8. The second-order valence-corrected chi connectivity index (χ2v) is 2.65. The molecule has 0 radical (unpaired) electrons. The van der Waals surface area contributed by atoms with E-state index in [0.29, 0.717) is 0 Å². The molecule has 0 heterocycles. The Kier molecular flexibility index (Phi) is 649. The molecule has 0 aliphatic rings. The Morgan fingerprint density at radius 1 is 0.556 bits per heavy atom. The fraction of sp³-hybridized carbons (Fsp3) is 0. The first kappa shape index (κ1) is 57.3. The SMILES string of the molecule is [C-]#N.[C-]#N.[C-]#N.[C-]#N.[C-]#N.[C-]#N.[Fe+6].[O]=[Mo](=[O])([OH])[OH]. The van der Waals surface area contributed by atoms with Gasteiger partial charge in [0.05, 0.1) is 0 Å². The first-order valence-electron chi connectivity index (χ1n) is 2.04. The summed E-state index contributed by atoms with van der Waals surface area (Å²) in [5.74, 6) is 0. The van der Waals surface area contributed by atoms with Gasteiger partial charge in [-0.1, -0.05) is 0 Å². The van der Waals surface area contributed by atoms with E-state index in [2.05, 4.69) is 0 Å². The van der Waals surface area contributed by atoms with Crippen molar-refractivity contribution in [3.05, 3.63) is 39.4 Å². The van der Waals surface area contributed by atoms with Gasteiger partial charge in [0.25, 0.3) is 0 Å². The van der Waals surface area contributed by atoms with Crippen molar-refractivity contribution in [1.82, 2.24) is 0 Å². The van der Waals surface area contributed by atoms with Crippen LogP contribution in [0.15, 0.2) is 0 Å². The zero-order valence-electron chi connectivity index (χ0n) is 8.16. The fourth-order valence-corrected chi connectivity index (χ4v) is 0. The van der Waals surface area contributed by atoms with Gasteiger partial charge < -0.3 is 71.0 Å². The average Bonchev–Trinajstić information content (AvgIpc) is 2.41. The van der Waals surface area contributed by atoms with E-state index in [-0.39, 0.29) is 17.1 Å². The van der Waals surface area contributed by atoms with E-state index in [1.54, 1.807) is 0 Å². The normalized spacial score (nSPS) is 3.89. The van der Waals surface area contributed by atoms with Crippen molar-refractivity contribution in [3.63, 3.8) is 0 Å². The summed E-state index contributed by atoms with van der Waals surface area (Å²) in [5, 5.41) is 37.5. The van der Waals surface area contributed by atoms with E-state index >= 15 is 0 Å². The summed E-state index contributed by atoms with van der Waals surface area (Å²) in [6, 6.07) is 0.